The molecule has 0 amide bonds. The molecule has 0 aliphatic carbocycles. The Morgan fingerprint density at radius 3 is 2.75 bits per heavy atom. The molecule has 1 rings (SSSR count). The van der Waals surface area contributed by atoms with E-state index in [4.69, 9.17) is 5.26 Å². The summed E-state index contributed by atoms with van der Waals surface area (Å²) in [5.74, 6) is -0.311. The first-order valence-electron chi connectivity index (χ1n) is 5.03. The Balaban J connectivity index is 2.95. The summed E-state index contributed by atoms with van der Waals surface area (Å²) in [5, 5.41) is 8.96. The lowest BCUT2D eigenvalue weighted by Crippen LogP contribution is -2.30. The number of hydrogen-bond acceptors (Lipinski definition) is 4. The summed E-state index contributed by atoms with van der Waals surface area (Å²) < 4.78 is 4.61. The van der Waals surface area contributed by atoms with Gasteiger partial charge in [0.05, 0.1) is 18.4 Å². The largest absolute Gasteiger partial charge is 0.468 e. The fraction of sp³-hybridized carbons (Fsp3) is 0.333. The topological polar surface area (TPSA) is 53.3 Å². The van der Waals surface area contributed by atoms with E-state index >= 15 is 0 Å². The van der Waals surface area contributed by atoms with E-state index in [0.29, 0.717) is 12.1 Å². The number of anilines is 1. The Hall–Kier alpha value is -2.02. The van der Waals surface area contributed by atoms with Crippen LogP contribution < -0.4 is 4.90 Å². The first kappa shape index (κ1) is 12.1. The van der Waals surface area contributed by atoms with Crippen LogP contribution >= 0.6 is 0 Å². The van der Waals surface area contributed by atoms with E-state index in [1.54, 1.807) is 12.1 Å². The van der Waals surface area contributed by atoms with Gasteiger partial charge >= 0.3 is 5.97 Å². The number of nitriles is 1. The lowest BCUT2D eigenvalue weighted by Gasteiger charge is -2.22. The predicted molar refractivity (Wildman–Crippen MR) is 61.1 cm³/mol. The molecule has 0 unspecified atom stereocenters. The van der Waals surface area contributed by atoms with Crippen LogP contribution in [-0.2, 0) is 9.53 Å². The number of nitrogens with zero attached hydrogens (tertiary/aromatic N) is 2. The van der Waals surface area contributed by atoms with Gasteiger partial charge in [-0.05, 0) is 19.1 Å². The first-order chi connectivity index (χ1) is 7.72. The van der Waals surface area contributed by atoms with Crippen molar-refractivity contribution in [2.75, 3.05) is 25.1 Å². The molecule has 0 spiro atoms. The molecule has 0 radical (unpaired) electrons. The van der Waals surface area contributed by atoms with E-state index in [2.05, 4.69) is 10.8 Å². The maximum atomic E-state index is 11.2. The second-order valence-electron chi connectivity index (χ2n) is 3.22. The number of methoxy groups -OCH3 is 1. The third-order valence-corrected chi connectivity index (χ3v) is 2.29. The van der Waals surface area contributed by atoms with Crippen LogP contribution in [0.3, 0.4) is 0 Å². The third-order valence-electron chi connectivity index (χ3n) is 2.29. The lowest BCUT2D eigenvalue weighted by atomic mass is 10.1. The zero-order valence-corrected chi connectivity index (χ0v) is 9.43. The molecule has 0 saturated heterocycles. The highest BCUT2D eigenvalue weighted by atomic mass is 16.5. The van der Waals surface area contributed by atoms with Crippen molar-refractivity contribution in [3.8, 4) is 6.07 Å². The van der Waals surface area contributed by atoms with Crippen molar-refractivity contribution in [3.63, 3.8) is 0 Å². The Morgan fingerprint density at radius 1 is 1.50 bits per heavy atom. The number of benzene rings is 1. The quantitative estimate of drug-likeness (QED) is 0.719. The van der Waals surface area contributed by atoms with Crippen LogP contribution in [0, 0.1) is 11.3 Å². The standard InChI is InChI=1S/C12H14N2O2/c1-3-14(9-12(15)16-2)11-7-5-4-6-10(11)8-13/h4-7H,3,9H2,1-2H3. The molecule has 0 fully saturated rings. The molecule has 1 aromatic rings. The van der Waals surface area contributed by atoms with Gasteiger partial charge in [-0.2, -0.15) is 5.26 Å². The van der Waals surface area contributed by atoms with Crippen molar-refractivity contribution >= 4 is 11.7 Å². The summed E-state index contributed by atoms with van der Waals surface area (Å²) in [6.07, 6.45) is 0. The fourth-order valence-electron chi connectivity index (χ4n) is 1.43. The van der Waals surface area contributed by atoms with Crippen LogP contribution in [-0.4, -0.2) is 26.2 Å². The van der Waals surface area contributed by atoms with Gasteiger partial charge < -0.3 is 9.64 Å². The molecular weight excluding hydrogens is 204 g/mol. The molecule has 1 aromatic carbocycles. The highest BCUT2D eigenvalue weighted by Gasteiger charge is 2.12. The first-order valence-corrected chi connectivity index (χ1v) is 5.03. The minimum Gasteiger partial charge on any atom is -0.468 e. The normalized spacial score (nSPS) is 9.31. The van der Waals surface area contributed by atoms with E-state index in [1.165, 1.54) is 7.11 Å². The molecule has 0 N–H and O–H groups in total. The zero-order chi connectivity index (χ0) is 12.0. The molecular formula is C12H14N2O2. The Bertz CT molecular complexity index is 410. The van der Waals surface area contributed by atoms with Gasteiger partial charge in [-0.25, -0.2) is 0 Å². The van der Waals surface area contributed by atoms with Crippen LogP contribution in [0.25, 0.3) is 0 Å². The van der Waals surface area contributed by atoms with Crippen LogP contribution in [0.4, 0.5) is 5.69 Å². The molecule has 0 saturated carbocycles. The molecule has 4 nitrogen and oxygen atoms in total. The van der Waals surface area contributed by atoms with Crippen LogP contribution in [0.15, 0.2) is 24.3 Å². The average molecular weight is 218 g/mol. The molecule has 0 atom stereocenters. The van der Waals surface area contributed by atoms with Gasteiger partial charge in [0.2, 0.25) is 0 Å². The van der Waals surface area contributed by atoms with Crippen LogP contribution in [0.1, 0.15) is 12.5 Å². The average Bonchev–Trinajstić information content (AvgIpc) is 2.35. The molecule has 16 heavy (non-hydrogen) atoms. The highest BCUT2D eigenvalue weighted by molar-refractivity contribution is 5.76. The van der Waals surface area contributed by atoms with Crippen LogP contribution in [0.5, 0.6) is 0 Å². The maximum absolute atomic E-state index is 11.2. The third kappa shape index (κ3) is 2.74. The highest BCUT2D eigenvalue weighted by Crippen LogP contribution is 2.18. The fourth-order valence-corrected chi connectivity index (χ4v) is 1.43. The van der Waals surface area contributed by atoms with Gasteiger partial charge in [-0.3, -0.25) is 4.79 Å². The number of esters is 1. The molecule has 4 heteroatoms. The molecule has 0 bridgehead atoms. The number of para-hydroxylation sites is 1. The Morgan fingerprint density at radius 2 is 2.19 bits per heavy atom. The number of ether oxygens (including phenoxy) is 1. The van der Waals surface area contributed by atoms with Crippen molar-refractivity contribution in [1.29, 1.82) is 5.26 Å². The SMILES string of the molecule is CCN(CC(=O)OC)c1ccccc1C#N. The second kappa shape index (κ2) is 5.76. The van der Waals surface area contributed by atoms with Crippen molar-refractivity contribution in [2.45, 2.75) is 6.92 Å². The summed E-state index contributed by atoms with van der Waals surface area (Å²) >= 11 is 0. The molecule has 0 heterocycles. The van der Waals surface area contributed by atoms with Crippen LogP contribution in [0.2, 0.25) is 0 Å². The van der Waals surface area contributed by atoms with E-state index in [1.807, 2.05) is 24.0 Å². The summed E-state index contributed by atoms with van der Waals surface area (Å²) in [4.78, 5) is 13.0. The summed E-state index contributed by atoms with van der Waals surface area (Å²) in [5.41, 5.74) is 1.33. The van der Waals surface area contributed by atoms with E-state index in [0.717, 1.165) is 5.69 Å². The Kier molecular flexibility index (Phi) is 4.34. The molecule has 0 aromatic heterocycles. The minimum atomic E-state index is -0.311. The molecule has 84 valence electrons. The van der Waals surface area contributed by atoms with E-state index in [9.17, 15) is 4.79 Å². The number of rotatable bonds is 4. The zero-order valence-electron chi connectivity index (χ0n) is 9.43. The van der Waals surface area contributed by atoms with Crippen molar-refractivity contribution in [3.05, 3.63) is 29.8 Å². The molecule has 0 aliphatic rings. The van der Waals surface area contributed by atoms with Crippen molar-refractivity contribution in [1.82, 2.24) is 0 Å². The second-order valence-corrected chi connectivity index (χ2v) is 3.22. The maximum Gasteiger partial charge on any atom is 0.325 e. The number of carbonyl (C=O) groups is 1. The van der Waals surface area contributed by atoms with Crippen molar-refractivity contribution in [2.24, 2.45) is 0 Å². The monoisotopic (exact) mass is 218 g/mol. The summed E-state index contributed by atoms with van der Waals surface area (Å²) in [7, 11) is 1.35. The number of hydrogen-bond donors (Lipinski definition) is 0. The van der Waals surface area contributed by atoms with Crippen molar-refractivity contribution < 1.29 is 9.53 Å². The minimum absolute atomic E-state index is 0.158. The summed E-state index contributed by atoms with van der Waals surface area (Å²) in [6, 6.07) is 9.31. The van der Waals surface area contributed by atoms with Gasteiger partial charge in [-0.15, -0.1) is 0 Å². The molecule has 0 aliphatic heterocycles. The van der Waals surface area contributed by atoms with Gasteiger partial charge in [0.25, 0.3) is 0 Å². The van der Waals surface area contributed by atoms with Gasteiger partial charge in [-0.1, -0.05) is 12.1 Å². The van der Waals surface area contributed by atoms with E-state index < -0.39 is 0 Å². The summed E-state index contributed by atoms with van der Waals surface area (Å²) in [6.45, 7) is 2.73. The number of likely N-dealkylation sites (N-methyl/N-ethyl adjacent to an activating group) is 1. The van der Waals surface area contributed by atoms with Gasteiger partial charge in [0.15, 0.2) is 0 Å². The lowest BCUT2D eigenvalue weighted by molar-refractivity contribution is -0.138. The Labute approximate surface area is 95.0 Å². The van der Waals surface area contributed by atoms with E-state index in [-0.39, 0.29) is 12.5 Å². The smallest absolute Gasteiger partial charge is 0.325 e. The predicted octanol–water partition coefficient (Wildman–Crippen LogP) is 1.56. The number of carbonyl (C=O) groups excluding carboxylic acids is 1. The van der Waals surface area contributed by atoms with Gasteiger partial charge in [0, 0.05) is 6.54 Å². The van der Waals surface area contributed by atoms with Gasteiger partial charge in [0.1, 0.15) is 12.6 Å².